The van der Waals surface area contributed by atoms with Crippen LogP contribution in [0.3, 0.4) is 0 Å². The molecule has 2 aromatic carbocycles. The fraction of sp³-hybridized carbons (Fsp3) is 0.318. The molecule has 156 valence electrons. The van der Waals surface area contributed by atoms with Crippen LogP contribution in [-0.2, 0) is 11.0 Å². The van der Waals surface area contributed by atoms with Gasteiger partial charge in [0.15, 0.2) is 0 Å². The number of carbonyl (C=O) groups excluding carboxylic acids is 1. The van der Waals surface area contributed by atoms with Gasteiger partial charge < -0.3 is 9.42 Å². The third kappa shape index (κ3) is 3.94. The van der Waals surface area contributed by atoms with Crippen LogP contribution in [0, 0.1) is 0 Å². The average molecular weight is 415 g/mol. The molecule has 4 rings (SSSR count). The monoisotopic (exact) mass is 415 g/mol. The first-order valence-electron chi connectivity index (χ1n) is 9.64. The summed E-state index contributed by atoms with van der Waals surface area (Å²) >= 11 is 0. The molecule has 1 fully saturated rings. The number of nitrogens with zero attached hydrogens (tertiary/aromatic N) is 3. The Kier molecular flexibility index (Phi) is 5.09. The van der Waals surface area contributed by atoms with Crippen LogP contribution in [0.4, 0.5) is 18.9 Å². The van der Waals surface area contributed by atoms with E-state index in [-0.39, 0.29) is 24.1 Å². The number of carbonyl (C=O) groups is 1. The quantitative estimate of drug-likeness (QED) is 0.573. The summed E-state index contributed by atoms with van der Waals surface area (Å²) in [5, 5.41) is 3.88. The number of amides is 1. The first-order chi connectivity index (χ1) is 14.2. The van der Waals surface area contributed by atoms with Crippen molar-refractivity contribution < 1.29 is 22.5 Å². The van der Waals surface area contributed by atoms with Gasteiger partial charge in [-0.3, -0.25) is 4.79 Å². The highest BCUT2D eigenvalue weighted by Crippen LogP contribution is 2.33. The van der Waals surface area contributed by atoms with E-state index >= 15 is 0 Å². The molecule has 2 heterocycles. The lowest BCUT2D eigenvalue weighted by molar-refractivity contribution is -0.137. The van der Waals surface area contributed by atoms with Crippen molar-refractivity contribution in [2.75, 3.05) is 11.4 Å². The van der Waals surface area contributed by atoms with Crippen LogP contribution < -0.4 is 4.90 Å². The summed E-state index contributed by atoms with van der Waals surface area (Å²) in [4.78, 5) is 18.5. The average Bonchev–Trinajstić information content (AvgIpc) is 3.34. The highest BCUT2D eigenvalue weighted by atomic mass is 19.4. The molecule has 3 aromatic rings. The van der Waals surface area contributed by atoms with Gasteiger partial charge in [0, 0.05) is 24.2 Å². The molecular weight excluding hydrogens is 395 g/mol. The Morgan fingerprint density at radius 2 is 1.73 bits per heavy atom. The molecule has 1 saturated heterocycles. The van der Waals surface area contributed by atoms with Gasteiger partial charge in [-0.05, 0) is 35.7 Å². The van der Waals surface area contributed by atoms with Gasteiger partial charge in [-0.1, -0.05) is 43.3 Å². The zero-order valence-electron chi connectivity index (χ0n) is 16.5. The molecule has 0 aliphatic carbocycles. The van der Waals surface area contributed by atoms with Crippen molar-refractivity contribution in [2.24, 2.45) is 0 Å². The molecule has 0 N–H and O–H groups in total. The molecule has 5 nitrogen and oxygen atoms in total. The molecule has 30 heavy (non-hydrogen) atoms. The van der Waals surface area contributed by atoms with Crippen molar-refractivity contribution in [3.63, 3.8) is 0 Å². The van der Waals surface area contributed by atoms with E-state index in [1.807, 2.05) is 24.3 Å². The van der Waals surface area contributed by atoms with Gasteiger partial charge in [-0.2, -0.15) is 18.2 Å². The molecule has 0 unspecified atom stereocenters. The van der Waals surface area contributed by atoms with E-state index in [9.17, 15) is 18.0 Å². The van der Waals surface area contributed by atoms with Crippen molar-refractivity contribution >= 4 is 11.6 Å². The van der Waals surface area contributed by atoms with Crippen LogP contribution in [0.25, 0.3) is 11.4 Å². The minimum Gasteiger partial charge on any atom is -0.339 e. The Balaban J connectivity index is 1.49. The Morgan fingerprint density at radius 1 is 1.07 bits per heavy atom. The van der Waals surface area contributed by atoms with Gasteiger partial charge >= 0.3 is 6.18 Å². The van der Waals surface area contributed by atoms with Gasteiger partial charge in [0.1, 0.15) is 0 Å². The van der Waals surface area contributed by atoms with Crippen LogP contribution in [-0.4, -0.2) is 22.6 Å². The third-order valence-corrected chi connectivity index (χ3v) is 5.26. The number of aromatic nitrogens is 2. The zero-order chi connectivity index (χ0) is 21.5. The molecular formula is C22H20F3N3O2. The molecule has 1 aromatic heterocycles. The number of rotatable bonds is 4. The van der Waals surface area contributed by atoms with Gasteiger partial charge in [0.05, 0.1) is 11.5 Å². The van der Waals surface area contributed by atoms with Crippen molar-refractivity contribution in [1.82, 2.24) is 10.1 Å². The third-order valence-electron chi connectivity index (χ3n) is 5.26. The number of alkyl halides is 3. The maximum atomic E-state index is 12.7. The van der Waals surface area contributed by atoms with E-state index in [0.717, 1.165) is 17.8 Å². The van der Waals surface area contributed by atoms with Crippen LogP contribution in [0.15, 0.2) is 53.1 Å². The fourth-order valence-electron chi connectivity index (χ4n) is 3.49. The molecule has 1 aliphatic heterocycles. The van der Waals surface area contributed by atoms with E-state index in [1.54, 1.807) is 4.90 Å². The minimum atomic E-state index is -4.40. The predicted molar refractivity (Wildman–Crippen MR) is 105 cm³/mol. The largest absolute Gasteiger partial charge is 0.416 e. The van der Waals surface area contributed by atoms with Crippen molar-refractivity contribution in [2.45, 2.75) is 38.3 Å². The van der Waals surface area contributed by atoms with Crippen LogP contribution >= 0.6 is 0 Å². The Morgan fingerprint density at radius 3 is 2.33 bits per heavy atom. The first kappa shape index (κ1) is 20.1. The van der Waals surface area contributed by atoms with E-state index in [0.29, 0.717) is 23.9 Å². The van der Waals surface area contributed by atoms with E-state index in [2.05, 4.69) is 24.0 Å². The Labute approximate surface area is 171 Å². The fourth-order valence-corrected chi connectivity index (χ4v) is 3.49. The minimum absolute atomic E-state index is 0.0356. The normalized spacial score (nSPS) is 17.2. The molecule has 0 spiro atoms. The highest BCUT2D eigenvalue weighted by Gasteiger charge is 2.35. The van der Waals surface area contributed by atoms with Gasteiger partial charge in [0.25, 0.3) is 0 Å². The lowest BCUT2D eigenvalue weighted by atomic mass is 10.0. The Hall–Kier alpha value is -3.16. The molecule has 0 radical (unpaired) electrons. The van der Waals surface area contributed by atoms with Crippen LogP contribution in [0.2, 0.25) is 0 Å². The number of halogens is 3. The van der Waals surface area contributed by atoms with Crippen molar-refractivity contribution in [3.05, 3.63) is 65.5 Å². The summed E-state index contributed by atoms with van der Waals surface area (Å²) in [5.74, 6) is 0.609. The summed E-state index contributed by atoms with van der Waals surface area (Å²) in [6.07, 6.45) is -4.16. The number of hydrogen-bond donors (Lipinski definition) is 0. The topological polar surface area (TPSA) is 59.2 Å². The second-order valence-corrected chi connectivity index (χ2v) is 7.68. The number of benzene rings is 2. The molecule has 0 bridgehead atoms. The maximum Gasteiger partial charge on any atom is 0.416 e. The van der Waals surface area contributed by atoms with Gasteiger partial charge in [-0.15, -0.1) is 0 Å². The van der Waals surface area contributed by atoms with E-state index in [1.165, 1.54) is 17.7 Å². The SMILES string of the molecule is CC(C)c1ccc(N2C[C@@H](c3nc(-c4ccc(C(F)(F)F)cc4)no3)CC2=O)cc1. The summed E-state index contributed by atoms with van der Waals surface area (Å²) in [6, 6.07) is 12.4. The lowest BCUT2D eigenvalue weighted by Crippen LogP contribution is -2.24. The van der Waals surface area contributed by atoms with Gasteiger partial charge in [0.2, 0.25) is 17.6 Å². The van der Waals surface area contributed by atoms with Crippen LogP contribution in [0.5, 0.6) is 0 Å². The summed E-state index contributed by atoms with van der Waals surface area (Å²) in [7, 11) is 0. The Bertz CT molecular complexity index is 1040. The summed E-state index contributed by atoms with van der Waals surface area (Å²) < 4.78 is 43.5. The second kappa shape index (κ2) is 7.59. The van der Waals surface area contributed by atoms with Crippen LogP contribution in [0.1, 0.15) is 49.1 Å². The second-order valence-electron chi connectivity index (χ2n) is 7.68. The van der Waals surface area contributed by atoms with Crippen molar-refractivity contribution in [1.29, 1.82) is 0 Å². The molecule has 1 atom stereocenters. The number of anilines is 1. The van der Waals surface area contributed by atoms with Crippen molar-refractivity contribution in [3.8, 4) is 11.4 Å². The molecule has 0 saturated carbocycles. The zero-order valence-corrected chi connectivity index (χ0v) is 16.5. The highest BCUT2D eigenvalue weighted by molar-refractivity contribution is 5.96. The standard InChI is InChI=1S/C22H20F3N3O2/c1-13(2)14-5-9-18(10-6-14)28-12-16(11-19(28)29)21-26-20(27-30-21)15-3-7-17(8-4-15)22(23,24)25/h3-10,13,16H,11-12H2,1-2H3/t16-/m0/s1. The van der Waals surface area contributed by atoms with Gasteiger partial charge in [-0.25, -0.2) is 0 Å². The predicted octanol–water partition coefficient (Wildman–Crippen LogP) is 5.40. The number of hydrogen-bond acceptors (Lipinski definition) is 4. The maximum absolute atomic E-state index is 12.7. The first-order valence-corrected chi connectivity index (χ1v) is 9.64. The summed E-state index contributed by atoms with van der Waals surface area (Å²) in [5.41, 5.74) is 1.69. The molecule has 1 amide bonds. The van der Waals surface area contributed by atoms with E-state index in [4.69, 9.17) is 4.52 Å². The summed E-state index contributed by atoms with van der Waals surface area (Å²) in [6.45, 7) is 4.63. The lowest BCUT2D eigenvalue weighted by Gasteiger charge is -2.17. The van der Waals surface area contributed by atoms with E-state index < -0.39 is 11.7 Å². The smallest absolute Gasteiger partial charge is 0.339 e. The molecule has 1 aliphatic rings. The molecule has 8 heteroatoms.